The Bertz CT molecular complexity index is 340. The van der Waals surface area contributed by atoms with Gasteiger partial charge in [0.1, 0.15) is 24.4 Å². The van der Waals surface area contributed by atoms with Crippen LogP contribution in [0.1, 0.15) is 34.6 Å². The maximum Gasteiger partial charge on any atom is 0.164 e. The molecule has 104 valence electrons. The molecule has 3 aliphatic heterocycles. The lowest BCUT2D eigenvalue weighted by molar-refractivity contribution is -0.204. The van der Waals surface area contributed by atoms with Gasteiger partial charge in [-0.05, 0) is 34.6 Å². The lowest BCUT2D eigenvalue weighted by Gasteiger charge is -2.26. The lowest BCUT2D eigenvalue weighted by Crippen LogP contribution is -2.40. The summed E-state index contributed by atoms with van der Waals surface area (Å²) < 4.78 is 29.3. The standard InChI is InChI=1S/C13H22O5/c1-7-9-11(18-13(4,5)17-9)10(15-7)8-6-14-12(2,3)16-8/h7-11H,6H2,1-5H3/t7-,8?,9-,10-,11-/m1/s1. The van der Waals surface area contributed by atoms with Crippen molar-refractivity contribution in [3.63, 3.8) is 0 Å². The molecule has 0 radical (unpaired) electrons. The minimum Gasteiger partial charge on any atom is -0.367 e. The fourth-order valence-corrected chi connectivity index (χ4v) is 3.01. The van der Waals surface area contributed by atoms with Crippen molar-refractivity contribution < 1.29 is 23.7 Å². The first-order valence-electron chi connectivity index (χ1n) is 6.60. The number of hydrogen-bond donors (Lipinski definition) is 0. The Morgan fingerprint density at radius 2 is 1.50 bits per heavy atom. The van der Waals surface area contributed by atoms with Gasteiger partial charge in [-0.25, -0.2) is 0 Å². The van der Waals surface area contributed by atoms with Gasteiger partial charge in [0.15, 0.2) is 11.6 Å². The van der Waals surface area contributed by atoms with Crippen LogP contribution in [0, 0.1) is 0 Å². The number of hydrogen-bond acceptors (Lipinski definition) is 5. The van der Waals surface area contributed by atoms with Crippen LogP contribution in [0.2, 0.25) is 0 Å². The van der Waals surface area contributed by atoms with Crippen molar-refractivity contribution in [2.24, 2.45) is 0 Å². The topological polar surface area (TPSA) is 46.2 Å². The van der Waals surface area contributed by atoms with Crippen LogP contribution in [0.5, 0.6) is 0 Å². The largest absolute Gasteiger partial charge is 0.367 e. The second-order valence-corrected chi connectivity index (χ2v) is 6.24. The van der Waals surface area contributed by atoms with Crippen molar-refractivity contribution in [2.75, 3.05) is 6.61 Å². The minimum absolute atomic E-state index is 0.0164. The normalized spacial score (nSPS) is 49.5. The quantitative estimate of drug-likeness (QED) is 0.712. The SMILES string of the molecule is C[C@H]1O[C@H](C2COC(C)(C)O2)[C@@H]2OC(C)(C)O[C@@H]21. The molecule has 3 saturated heterocycles. The van der Waals surface area contributed by atoms with E-state index in [-0.39, 0.29) is 30.5 Å². The van der Waals surface area contributed by atoms with Crippen LogP contribution in [0.15, 0.2) is 0 Å². The highest BCUT2D eigenvalue weighted by molar-refractivity contribution is 5.00. The Labute approximate surface area is 108 Å². The number of ether oxygens (including phenoxy) is 5. The summed E-state index contributed by atoms with van der Waals surface area (Å²) in [4.78, 5) is 0. The van der Waals surface area contributed by atoms with Gasteiger partial charge in [0.2, 0.25) is 0 Å². The third-order valence-electron chi connectivity index (χ3n) is 3.72. The molecule has 18 heavy (non-hydrogen) atoms. The summed E-state index contributed by atoms with van der Waals surface area (Å²) in [6, 6.07) is 0. The summed E-state index contributed by atoms with van der Waals surface area (Å²) in [5.41, 5.74) is 0. The molecule has 0 saturated carbocycles. The van der Waals surface area contributed by atoms with Crippen LogP contribution < -0.4 is 0 Å². The van der Waals surface area contributed by atoms with Crippen LogP contribution in [0.25, 0.3) is 0 Å². The molecule has 0 spiro atoms. The zero-order valence-corrected chi connectivity index (χ0v) is 11.6. The van der Waals surface area contributed by atoms with Gasteiger partial charge in [-0.1, -0.05) is 0 Å². The maximum atomic E-state index is 5.95. The fraction of sp³-hybridized carbons (Fsp3) is 1.00. The smallest absolute Gasteiger partial charge is 0.164 e. The Morgan fingerprint density at radius 3 is 2.11 bits per heavy atom. The predicted octanol–water partition coefficient (Wildman–Crippen LogP) is 1.45. The van der Waals surface area contributed by atoms with Gasteiger partial charge < -0.3 is 23.7 Å². The zero-order chi connectivity index (χ0) is 13.1. The van der Waals surface area contributed by atoms with Crippen LogP contribution in [-0.2, 0) is 23.7 Å². The van der Waals surface area contributed by atoms with Crippen molar-refractivity contribution in [3.05, 3.63) is 0 Å². The molecule has 0 aromatic heterocycles. The third-order valence-corrected chi connectivity index (χ3v) is 3.72. The molecule has 3 aliphatic rings. The van der Waals surface area contributed by atoms with E-state index in [9.17, 15) is 0 Å². The maximum absolute atomic E-state index is 5.95. The Hall–Kier alpha value is -0.200. The van der Waals surface area contributed by atoms with Crippen molar-refractivity contribution in [3.8, 4) is 0 Å². The molecule has 0 aromatic rings. The van der Waals surface area contributed by atoms with Crippen LogP contribution in [-0.4, -0.2) is 48.7 Å². The molecule has 0 bridgehead atoms. The van der Waals surface area contributed by atoms with E-state index in [0.29, 0.717) is 6.61 Å². The molecule has 5 nitrogen and oxygen atoms in total. The van der Waals surface area contributed by atoms with Gasteiger partial charge in [0.25, 0.3) is 0 Å². The summed E-state index contributed by atoms with van der Waals surface area (Å²) in [6.45, 7) is 10.3. The average Bonchev–Trinajstić information content (AvgIpc) is 2.81. The molecule has 3 fully saturated rings. The average molecular weight is 258 g/mol. The highest BCUT2D eigenvalue weighted by Crippen LogP contribution is 2.41. The first kappa shape index (κ1) is 12.8. The summed E-state index contributed by atoms with van der Waals surface area (Å²) in [5, 5.41) is 0. The van der Waals surface area contributed by atoms with E-state index in [1.54, 1.807) is 0 Å². The molecule has 5 heteroatoms. The second kappa shape index (κ2) is 3.90. The molecule has 0 N–H and O–H groups in total. The predicted molar refractivity (Wildman–Crippen MR) is 63.1 cm³/mol. The van der Waals surface area contributed by atoms with Crippen molar-refractivity contribution in [1.82, 2.24) is 0 Å². The molecular weight excluding hydrogens is 236 g/mol. The van der Waals surface area contributed by atoms with Crippen LogP contribution in [0.4, 0.5) is 0 Å². The van der Waals surface area contributed by atoms with E-state index in [2.05, 4.69) is 0 Å². The molecule has 3 rings (SSSR count). The van der Waals surface area contributed by atoms with Gasteiger partial charge in [-0.2, -0.15) is 0 Å². The van der Waals surface area contributed by atoms with Gasteiger partial charge in [-0.15, -0.1) is 0 Å². The van der Waals surface area contributed by atoms with E-state index in [1.807, 2.05) is 34.6 Å². The molecule has 0 aliphatic carbocycles. The van der Waals surface area contributed by atoms with E-state index < -0.39 is 11.6 Å². The summed E-state index contributed by atoms with van der Waals surface area (Å²) in [5.74, 6) is -1.08. The Morgan fingerprint density at radius 1 is 0.833 bits per heavy atom. The first-order valence-corrected chi connectivity index (χ1v) is 6.60. The summed E-state index contributed by atoms with van der Waals surface area (Å²) >= 11 is 0. The lowest BCUT2D eigenvalue weighted by atomic mass is 10.1. The van der Waals surface area contributed by atoms with Crippen LogP contribution >= 0.6 is 0 Å². The fourth-order valence-electron chi connectivity index (χ4n) is 3.01. The highest BCUT2D eigenvalue weighted by Gasteiger charge is 2.57. The number of rotatable bonds is 1. The second-order valence-electron chi connectivity index (χ2n) is 6.24. The van der Waals surface area contributed by atoms with Gasteiger partial charge in [0.05, 0.1) is 12.7 Å². The van der Waals surface area contributed by atoms with Gasteiger partial charge in [-0.3, -0.25) is 0 Å². The number of fused-ring (bicyclic) bond motifs is 1. The van der Waals surface area contributed by atoms with Crippen molar-refractivity contribution in [1.29, 1.82) is 0 Å². The summed E-state index contributed by atoms with van der Waals surface area (Å²) in [7, 11) is 0. The Balaban J connectivity index is 1.75. The van der Waals surface area contributed by atoms with E-state index in [4.69, 9.17) is 23.7 Å². The molecule has 5 atom stereocenters. The molecule has 0 aromatic carbocycles. The molecule has 0 amide bonds. The van der Waals surface area contributed by atoms with Gasteiger partial charge >= 0.3 is 0 Å². The van der Waals surface area contributed by atoms with E-state index in [0.717, 1.165) is 0 Å². The Kier molecular flexibility index (Phi) is 2.78. The molecule has 1 unspecified atom stereocenters. The third kappa shape index (κ3) is 2.08. The van der Waals surface area contributed by atoms with Crippen molar-refractivity contribution >= 4 is 0 Å². The van der Waals surface area contributed by atoms with Gasteiger partial charge in [0, 0.05) is 0 Å². The zero-order valence-electron chi connectivity index (χ0n) is 11.6. The van der Waals surface area contributed by atoms with E-state index in [1.165, 1.54) is 0 Å². The summed E-state index contributed by atoms with van der Waals surface area (Å²) in [6.07, 6.45) is -0.271. The van der Waals surface area contributed by atoms with Crippen LogP contribution in [0.3, 0.4) is 0 Å². The first-order chi connectivity index (χ1) is 8.27. The molecule has 3 heterocycles. The highest BCUT2D eigenvalue weighted by atomic mass is 16.8. The minimum atomic E-state index is -0.541. The molecular formula is C13H22O5. The van der Waals surface area contributed by atoms with Crippen molar-refractivity contribution in [2.45, 2.75) is 76.7 Å². The monoisotopic (exact) mass is 258 g/mol. The van der Waals surface area contributed by atoms with E-state index >= 15 is 0 Å².